The van der Waals surface area contributed by atoms with Gasteiger partial charge in [-0.1, -0.05) is 0 Å². The van der Waals surface area contributed by atoms with Gasteiger partial charge in [0.15, 0.2) is 0 Å². The zero-order valence-corrected chi connectivity index (χ0v) is 9.13. The van der Waals surface area contributed by atoms with Crippen molar-refractivity contribution in [1.29, 1.82) is 0 Å². The predicted molar refractivity (Wildman–Crippen MR) is 54.6 cm³/mol. The van der Waals surface area contributed by atoms with Gasteiger partial charge in [-0.15, -0.1) is 0 Å². The van der Waals surface area contributed by atoms with Crippen LogP contribution in [0.4, 0.5) is 0 Å². The summed E-state index contributed by atoms with van der Waals surface area (Å²) in [4.78, 5) is 4.23. The van der Waals surface area contributed by atoms with E-state index >= 15 is 0 Å². The molecule has 1 aromatic rings. The maximum Gasteiger partial charge on any atom is 0.0690 e. The Morgan fingerprint density at radius 1 is 1.62 bits per heavy atom. The van der Waals surface area contributed by atoms with Crippen LogP contribution in [0.25, 0.3) is 0 Å². The Morgan fingerprint density at radius 3 is 2.92 bits per heavy atom. The molecule has 3 heteroatoms. The van der Waals surface area contributed by atoms with Gasteiger partial charge in [0, 0.05) is 22.8 Å². The molecule has 1 saturated carbocycles. The van der Waals surface area contributed by atoms with Crippen molar-refractivity contribution < 1.29 is 5.11 Å². The molecule has 13 heavy (non-hydrogen) atoms. The first-order valence-electron chi connectivity index (χ1n) is 4.42. The molecule has 0 bridgehead atoms. The van der Waals surface area contributed by atoms with Crippen molar-refractivity contribution in [3.05, 3.63) is 28.0 Å². The molecule has 2 nitrogen and oxygen atoms in total. The molecule has 0 radical (unpaired) electrons. The molecule has 2 rings (SSSR count). The molecule has 1 heterocycles. The predicted octanol–water partition coefficient (Wildman–Crippen LogP) is 2.22. The van der Waals surface area contributed by atoms with Gasteiger partial charge in [0.1, 0.15) is 0 Å². The molecule has 0 atom stereocenters. The number of pyridine rings is 1. The van der Waals surface area contributed by atoms with Crippen LogP contribution in [0.2, 0.25) is 0 Å². The zero-order chi connectivity index (χ0) is 9.47. The molecule has 0 aliphatic heterocycles. The largest absolute Gasteiger partial charge is 0.390 e. The minimum absolute atomic E-state index is 0.423. The summed E-state index contributed by atoms with van der Waals surface area (Å²) in [5, 5.41) is 9.75. The first-order valence-corrected chi connectivity index (χ1v) is 5.22. The summed E-state index contributed by atoms with van der Waals surface area (Å²) in [6.45, 7) is 1.98. The molecule has 0 aromatic carbocycles. The number of aliphatic hydroxyl groups is 1. The van der Waals surface area contributed by atoms with Crippen LogP contribution in [0.5, 0.6) is 0 Å². The highest BCUT2D eigenvalue weighted by Gasteiger charge is 2.40. The molecule has 70 valence electrons. The monoisotopic (exact) mass is 241 g/mol. The van der Waals surface area contributed by atoms with Crippen molar-refractivity contribution in [2.75, 3.05) is 0 Å². The Labute approximate surface area is 86.1 Å². The fraction of sp³-hybridized carbons (Fsp3) is 0.500. The minimum Gasteiger partial charge on any atom is -0.390 e. The van der Waals surface area contributed by atoms with Crippen LogP contribution in [0, 0.1) is 6.92 Å². The molecule has 1 aliphatic carbocycles. The summed E-state index contributed by atoms with van der Waals surface area (Å²) < 4.78 is 0.984. The van der Waals surface area contributed by atoms with Gasteiger partial charge in [0.2, 0.25) is 0 Å². The van der Waals surface area contributed by atoms with Gasteiger partial charge >= 0.3 is 0 Å². The topological polar surface area (TPSA) is 33.1 Å². The van der Waals surface area contributed by atoms with Crippen molar-refractivity contribution in [2.24, 2.45) is 0 Å². The summed E-state index contributed by atoms with van der Waals surface area (Å²) in [5.41, 5.74) is 1.74. The Hall–Kier alpha value is -0.410. The van der Waals surface area contributed by atoms with Gasteiger partial charge in [-0.05, 0) is 47.3 Å². The smallest absolute Gasteiger partial charge is 0.0690 e. The lowest BCUT2D eigenvalue weighted by atomic mass is 10.1. The second kappa shape index (κ2) is 3.07. The highest BCUT2D eigenvalue weighted by atomic mass is 79.9. The lowest BCUT2D eigenvalue weighted by molar-refractivity contribution is 0.150. The maximum absolute atomic E-state index is 9.75. The average molecular weight is 242 g/mol. The molecule has 1 aliphatic rings. The third kappa shape index (κ3) is 2.09. The molecule has 1 aromatic heterocycles. The van der Waals surface area contributed by atoms with Crippen molar-refractivity contribution in [3.8, 4) is 0 Å². The Morgan fingerprint density at radius 2 is 2.31 bits per heavy atom. The summed E-state index contributed by atoms with van der Waals surface area (Å²) >= 11 is 3.38. The van der Waals surface area contributed by atoms with Crippen LogP contribution < -0.4 is 0 Å². The van der Waals surface area contributed by atoms with Crippen LogP contribution in [-0.2, 0) is 6.42 Å². The third-order valence-electron chi connectivity index (χ3n) is 2.51. The lowest BCUT2D eigenvalue weighted by Gasteiger charge is -2.09. The summed E-state index contributed by atoms with van der Waals surface area (Å²) in [7, 11) is 0. The Bertz CT molecular complexity index is 334. The van der Waals surface area contributed by atoms with Gasteiger partial charge in [0.25, 0.3) is 0 Å². The molecule has 0 unspecified atom stereocenters. The van der Waals surface area contributed by atoms with Crippen molar-refractivity contribution >= 4 is 15.9 Å². The highest BCUT2D eigenvalue weighted by molar-refractivity contribution is 9.10. The van der Waals surface area contributed by atoms with Crippen molar-refractivity contribution in [1.82, 2.24) is 4.98 Å². The van der Waals surface area contributed by atoms with E-state index in [-0.39, 0.29) is 0 Å². The highest BCUT2D eigenvalue weighted by Crippen LogP contribution is 2.38. The number of hydrogen-bond donors (Lipinski definition) is 1. The van der Waals surface area contributed by atoms with E-state index in [1.54, 1.807) is 6.20 Å². The van der Waals surface area contributed by atoms with Crippen LogP contribution in [0.3, 0.4) is 0 Å². The second-order valence-electron chi connectivity index (χ2n) is 3.80. The van der Waals surface area contributed by atoms with Gasteiger partial charge in [-0.25, -0.2) is 0 Å². The molecular formula is C10H12BrNO. The van der Waals surface area contributed by atoms with E-state index in [0.29, 0.717) is 0 Å². The van der Waals surface area contributed by atoms with Crippen LogP contribution >= 0.6 is 15.9 Å². The van der Waals surface area contributed by atoms with E-state index in [2.05, 4.69) is 20.9 Å². The fourth-order valence-electron chi connectivity index (χ4n) is 1.40. The molecule has 0 amide bonds. The standard InChI is InChI=1S/C10H12BrNO/c1-7-8(4-9(11)6-12-7)5-10(13)2-3-10/h4,6,13H,2-3,5H2,1H3. The van der Waals surface area contributed by atoms with Gasteiger partial charge < -0.3 is 5.11 Å². The molecule has 0 saturated heterocycles. The quantitative estimate of drug-likeness (QED) is 0.862. The maximum atomic E-state index is 9.75. The number of aryl methyl sites for hydroxylation is 1. The first kappa shape index (κ1) is 9.16. The molecular weight excluding hydrogens is 230 g/mol. The van der Waals surface area contributed by atoms with E-state index < -0.39 is 5.60 Å². The third-order valence-corrected chi connectivity index (χ3v) is 2.94. The average Bonchev–Trinajstić information content (AvgIpc) is 2.76. The van der Waals surface area contributed by atoms with Crippen LogP contribution in [0.1, 0.15) is 24.1 Å². The summed E-state index contributed by atoms with van der Waals surface area (Å²) in [6.07, 6.45) is 4.39. The zero-order valence-electron chi connectivity index (χ0n) is 7.55. The van der Waals surface area contributed by atoms with Crippen molar-refractivity contribution in [2.45, 2.75) is 31.8 Å². The van der Waals surface area contributed by atoms with Gasteiger partial charge in [-0.3, -0.25) is 4.98 Å². The number of nitrogens with zero attached hydrogens (tertiary/aromatic N) is 1. The molecule has 0 spiro atoms. The first-order chi connectivity index (χ1) is 6.09. The van der Waals surface area contributed by atoms with E-state index in [1.807, 2.05) is 13.0 Å². The van der Waals surface area contributed by atoms with Gasteiger partial charge in [-0.2, -0.15) is 0 Å². The lowest BCUT2D eigenvalue weighted by Crippen LogP contribution is -2.12. The summed E-state index contributed by atoms with van der Waals surface area (Å²) in [5.74, 6) is 0. The fourth-order valence-corrected chi connectivity index (χ4v) is 1.78. The van der Waals surface area contributed by atoms with Crippen LogP contribution in [-0.4, -0.2) is 15.7 Å². The van der Waals surface area contributed by atoms with Crippen molar-refractivity contribution in [3.63, 3.8) is 0 Å². The van der Waals surface area contributed by atoms with Gasteiger partial charge in [0.05, 0.1) is 5.60 Å². The van der Waals surface area contributed by atoms with Crippen LogP contribution in [0.15, 0.2) is 16.7 Å². The minimum atomic E-state index is -0.423. The van der Waals surface area contributed by atoms with E-state index in [9.17, 15) is 5.11 Å². The molecule has 1 N–H and O–H groups in total. The number of aromatic nitrogens is 1. The SMILES string of the molecule is Cc1ncc(Br)cc1CC1(O)CC1. The Balaban J connectivity index is 2.23. The second-order valence-corrected chi connectivity index (χ2v) is 4.71. The number of rotatable bonds is 2. The summed E-state index contributed by atoms with van der Waals surface area (Å²) in [6, 6.07) is 2.04. The van der Waals surface area contributed by atoms with E-state index in [1.165, 1.54) is 0 Å². The number of halogens is 1. The van der Waals surface area contributed by atoms with E-state index in [0.717, 1.165) is 35.0 Å². The van der Waals surface area contributed by atoms with E-state index in [4.69, 9.17) is 0 Å². The molecule has 1 fully saturated rings. The number of hydrogen-bond acceptors (Lipinski definition) is 2. The normalized spacial score (nSPS) is 18.7. The Kier molecular flexibility index (Phi) is 2.16.